The number of likely N-dealkylation sites (N-methyl/N-ethyl adjacent to an activating group) is 1. The molecule has 0 bridgehead atoms. The van der Waals surface area contributed by atoms with Crippen LogP contribution in [0.1, 0.15) is 17.3 Å². The van der Waals surface area contributed by atoms with E-state index in [1.165, 1.54) is 0 Å². The molecule has 0 radical (unpaired) electrons. The number of nitrogens with zero attached hydrogens (tertiary/aromatic N) is 4. The smallest absolute Gasteiger partial charge is 0.254 e. The molecule has 0 atom stereocenters. The fraction of sp³-hybridized carbons (Fsp3) is 0.286. The van der Waals surface area contributed by atoms with Crippen molar-refractivity contribution in [2.75, 3.05) is 32.7 Å². The second-order valence-electron chi connectivity index (χ2n) is 6.53. The van der Waals surface area contributed by atoms with Gasteiger partial charge in [-0.05, 0) is 30.8 Å². The molecule has 1 aromatic carbocycles. The third-order valence-electron chi connectivity index (χ3n) is 5.03. The molecule has 2 aromatic heterocycles. The second kappa shape index (κ2) is 7.22. The van der Waals surface area contributed by atoms with Crippen LogP contribution in [0.4, 0.5) is 0 Å². The van der Waals surface area contributed by atoms with Gasteiger partial charge >= 0.3 is 0 Å². The van der Waals surface area contributed by atoms with E-state index in [0.29, 0.717) is 0 Å². The van der Waals surface area contributed by atoms with Gasteiger partial charge in [0.1, 0.15) is 0 Å². The summed E-state index contributed by atoms with van der Waals surface area (Å²) in [5.74, 6) is 0.0923. The van der Waals surface area contributed by atoms with Gasteiger partial charge in [0, 0.05) is 49.5 Å². The molecule has 0 spiro atoms. The highest BCUT2D eigenvalue weighted by Gasteiger charge is 2.23. The first kappa shape index (κ1) is 16.7. The molecule has 26 heavy (non-hydrogen) atoms. The molecule has 1 aliphatic heterocycles. The minimum absolute atomic E-state index is 0.0923. The number of pyridine rings is 2. The van der Waals surface area contributed by atoms with Gasteiger partial charge in [-0.1, -0.05) is 25.1 Å². The number of para-hydroxylation sites is 1. The monoisotopic (exact) mass is 346 g/mol. The van der Waals surface area contributed by atoms with Gasteiger partial charge in [-0.2, -0.15) is 0 Å². The van der Waals surface area contributed by atoms with Gasteiger partial charge in [-0.3, -0.25) is 9.78 Å². The van der Waals surface area contributed by atoms with Crippen LogP contribution in [0.3, 0.4) is 0 Å². The van der Waals surface area contributed by atoms with Gasteiger partial charge in [0.15, 0.2) is 0 Å². The largest absolute Gasteiger partial charge is 0.336 e. The summed E-state index contributed by atoms with van der Waals surface area (Å²) in [5, 5.41) is 0.910. The summed E-state index contributed by atoms with van der Waals surface area (Å²) in [4.78, 5) is 26.4. The first-order valence-corrected chi connectivity index (χ1v) is 9.08. The molecule has 5 heteroatoms. The predicted octanol–water partition coefficient (Wildman–Crippen LogP) is 3.07. The third-order valence-corrected chi connectivity index (χ3v) is 5.03. The van der Waals surface area contributed by atoms with Crippen molar-refractivity contribution in [2.24, 2.45) is 0 Å². The van der Waals surface area contributed by atoms with E-state index < -0.39 is 0 Å². The lowest BCUT2D eigenvalue weighted by Crippen LogP contribution is -2.48. The van der Waals surface area contributed by atoms with Crippen LogP contribution in [0, 0.1) is 0 Å². The standard InChI is InChI=1S/C21H22N4O/c1-2-24-11-13-25(14-12-24)21(26)18-15-20(16-7-9-22-10-8-16)23-19-6-4-3-5-17(18)19/h3-10,15H,2,11-14H2,1H3. The number of hydrogen-bond acceptors (Lipinski definition) is 4. The molecule has 4 rings (SSSR count). The van der Waals surface area contributed by atoms with E-state index in [-0.39, 0.29) is 5.91 Å². The second-order valence-corrected chi connectivity index (χ2v) is 6.53. The Morgan fingerprint density at radius 3 is 2.50 bits per heavy atom. The lowest BCUT2D eigenvalue weighted by molar-refractivity contribution is 0.0645. The van der Waals surface area contributed by atoms with E-state index in [1.54, 1.807) is 12.4 Å². The number of benzene rings is 1. The molecule has 1 aliphatic rings. The fourth-order valence-corrected chi connectivity index (χ4v) is 3.46. The highest BCUT2D eigenvalue weighted by molar-refractivity contribution is 6.07. The summed E-state index contributed by atoms with van der Waals surface area (Å²) in [6.07, 6.45) is 3.50. The summed E-state index contributed by atoms with van der Waals surface area (Å²) >= 11 is 0. The van der Waals surface area contributed by atoms with Gasteiger partial charge in [0.2, 0.25) is 0 Å². The zero-order valence-electron chi connectivity index (χ0n) is 14.9. The molecule has 0 saturated carbocycles. The van der Waals surface area contributed by atoms with E-state index in [0.717, 1.165) is 60.4 Å². The number of amides is 1. The molecule has 1 amide bonds. The molecule has 3 heterocycles. The number of carbonyl (C=O) groups excluding carboxylic acids is 1. The Bertz CT molecular complexity index is 918. The molecule has 1 saturated heterocycles. The fourth-order valence-electron chi connectivity index (χ4n) is 3.46. The van der Waals surface area contributed by atoms with E-state index in [2.05, 4.69) is 16.8 Å². The minimum Gasteiger partial charge on any atom is -0.336 e. The quantitative estimate of drug-likeness (QED) is 0.731. The van der Waals surface area contributed by atoms with Gasteiger partial charge < -0.3 is 9.80 Å². The summed E-state index contributed by atoms with van der Waals surface area (Å²) < 4.78 is 0. The zero-order valence-corrected chi connectivity index (χ0v) is 14.9. The van der Waals surface area contributed by atoms with Crippen molar-refractivity contribution in [3.05, 3.63) is 60.4 Å². The molecular formula is C21H22N4O. The first-order chi connectivity index (χ1) is 12.8. The van der Waals surface area contributed by atoms with Gasteiger partial charge in [0.25, 0.3) is 5.91 Å². The maximum Gasteiger partial charge on any atom is 0.254 e. The van der Waals surface area contributed by atoms with E-state index in [4.69, 9.17) is 4.98 Å². The zero-order chi connectivity index (χ0) is 17.9. The average molecular weight is 346 g/mol. The van der Waals surface area contributed by atoms with Crippen LogP contribution in [0.25, 0.3) is 22.2 Å². The Morgan fingerprint density at radius 2 is 1.77 bits per heavy atom. The van der Waals surface area contributed by atoms with Crippen molar-refractivity contribution in [1.82, 2.24) is 19.8 Å². The SMILES string of the molecule is CCN1CCN(C(=O)c2cc(-c3ccncc3)nc3ccccc23)CC1. The molecular weight excluding hydrogens is 324 g/mol. The van der Waals surface area contributed by atoms with E-state index in [1.807, 2.05) is 47.4 Å². The maximum atomic E-state index is 13.3. The predicted molar refractivity (Wildman–Crippen MR) is 103 cm³/mol. The highest BCUT2D eigenvalue weighted by Crippen LogP contribution is 2.25. The summed E-state index contributed by atoms with van der Waals surface area (Å²) in [7, 11) is 0. The van der Waals surface area contributed by atoms with Crippen molar-refractivity contribution in [3.63, 3.8) is 0 Å². The van der Waals surface area contributed by atoms with Gasteiger partial charge in [-0.15, -0.1) is 0 Å². The molecule has 0 aliphatic carbocycles. The Balaban J connectivity index is 1.75. The summed E-state index contributed by atoms with van der Waals surface area (Å²) in [6, 6.07) is 13.6. The number of rotatable bonds is 3. The summed E-state index contributed by atoms with van der Waals surface area (Å²) in [5.41, 5.74) is 3.35. The number of piperazine rings is 1. The van der Waals surface area contributed by atoms with E-state index in [9.17, 15) is 4.79 Å². The Kier molecular flexibility index (Phi) is 4.63. The molecule has 132 valence electrons. The van der Waals surface area contributed by atoms with Crippen molar-refractivity contribution in [3.8, 4) is 11.3 Å². The Morgan fingerprint density at radius 1 is 1.04 bits per heavy atom. The molecule has 1 fully saturated rings. The maximum absolute atomic E-state index is 13.3. The third kappa shape index (κ3) is 3.18. The molecule has 5 nitrogen and oxygen atoms in total. The average Bonchev–Trinajstić information content (AvgIpc) is 2.73. The number of hydrogen-bond donors (Lipinski definition) is 0. The van der Waals surface area contributed by atoms with Crippen LogP contribution in [0.15, 0.2) is 54.9 Å². The van der Waals surface area contributed by atoms with Gasteiger partial charge in [0.05, 0.1) is 16.8 Å². The normalized spacial score (nSPS) is 15.3. The summed E-state index contributed by atoms with van der Waals surface area (Å²) in [6.45, 7) is 6.61. The minimum atomic E-state index is 0.0923. The molecule has 0 unspecified atom stereocenters. The lowest BCUT2D eigenvalue weighted by Gasteiger charge is -2.34. The number of aromatic nitrogens is 2. The lowest BCUT2D eigenvalue weighted by atomic mass is 10.0. The first-order valence-electron chi connectivity index (χ1n) is 9.08. The topological polar surface area (TPSA) is 49.3 Å². The van der Waals surface area contributed by atoms with Gasteiger partial charge in [-0.25, -0.2) is 4.98 Å². The Labute approximate surface area is 153 Å². The van der Waals surface area contributed by atoms with Crippen LogP contribution in [0.2, 0.25) is 0 Å². The van der Waals surface area contributed by atoms with Crippen LogP contribution in [-0.4, -0.2) is 58.4 Å². The highest BCUT2D eigenvalue weighted by atomic mass is 16.2. The van der Waals surface area contributed by atoms with Crippen LogP contribution in [-0.2, 0) is 0 Å². The Hall–Kier alpha value is -2.79. The van der Waals surface area contributed by atoms with Crippen LogP contribution < -0.4 is 0 Å². The van der Waals surface area contributed by atoms with Crippen LogP contribution in [0.5, 0.6) is 0 Å². The number of carbonyl (C=O) groups is 1. The molecule has 3 aromatic rings. The van der Waals surface area contributed by atoms with Crippen molar-refractivity contribution >= 4 is 16.8 Å². The van der Waals surface area contributed by atoms with Crippen molar-refractivity contribution < 1.29 is 4.79 Å². The van der Waals surface area contributed by atoms with Crippen molar-refractivity contribution in [1.29, 1.82) is 0 Å². The van der Waals surface area contributed by atoms with Crippen LogP contribution >= 0.6 is 0 Å². The number of fused-ring (bicyclic) bond motifs is 1. The van der Waals surface area contributed by atoms with Crippen molar-refractivity contribution in [2.45, 2.75) is 6.92 Å². The molecule has 0 N–H and O–H groups in total. The van der Waals surface area contributed by atoms with E-state index >= 15 is 0 Å².